The molecule has 3 saturated heterocycles. The second-order valence-corrected chi connectivity index (χ2v) is 11.5. The number of nitrogens with one attached hydrogen (secondary N) is 1. The number of carbonyl (C=O) groups is 2. The number of H-pyrrole nitrogens is 1. The minimum atomic E-state index is -4.60. The third-order valence-electron chi connectivity index (χ3n) is 9.09. The number of carboxylic acid groups (broad SMARTS) is 1. The molecule has 0 amide bonds. The van der Waals surface area contributed by atoms with Gasteiger partial charge in [-0.1, -0.05) is 12.1 Å². The maximum atomic E-state index is 13.6. The largest absolute Gasteiger partial charge is 0.554 e. The summed E-state index contributed by atoms with van der Waals surface area (Å²) in [5.41, 5.74) is 0.863. The fourth-order valence-corrected chi connectivity index (χ4v) is 6.89. The summed E-state index contributed by atoms with van der Waals surface area (Å²) in [7, 11) is 1.22. The number of ether oxygens (including phenoxy) is 1. The number of nitriles is 1. The highest BCUT2D eigenvalue weighted by atomic mass is 19.4. The second-order valence-electron chi connectivity index (χ2n) is 11.5. The molecule has 7 rings (SSSR count). The number of hydrogen-bond donors (Lipinski definition) is 1. The van der Waals surface area contributed by atoms with Gasteiger partial charge >= 0.3 is 17.8 Å². The molecule has 0 spiro atoms. The smallest absolute Gasteiger partial charge is 0.416 e. The molecule has 1 atom stereocenters. The van der Waals surface area contributed by atoms with E-state index in [0.717, 1.165) is 67.0 Å². The van der Waals surface area contributed by atoms with Crippen molar-refractivity contribution in [2.45, 2.75) is 44.9 Å². The topological polar surface area (TPSA) is 144 Å². The number of rotatable bonds is 5. The maximum Gasteiger partial charge on any atom is 0.416 e. The molecular weight excluding hydrogens is 593 g/mol. The number of alkyl halides is 3. The third-order valence-corrected chi connectivity index (χ3v) is 9.09. The summed E-state index contributed by atoms with van der Waals surface area (Å²) in [4.78, 5) is 36.4. The average Bonchev–Trinajstić information content (AvgIpc) is 3.41. The predicted octanol–water partition coefficient (Wildman–Crippen LogP) is 3.15. The Hall–Kier alpha value is -4.90. The number of carbonyl (C=O) groups excluding carboxylic acids is 2. The van der Waals surface area contributed by atoms with Crippen molar-refractivity contribution < 1.29 is 37.1 Å². The summed E-state index contributed by atoms with van der Waals surface area (Å²) in [5.74, 6) is 0.0589. The Morgan fingerprint density at radius 3 is 2.47 bits per heavy atom. The van der Waals surface area contributed by atoms with Crippen LogP contribution in [0.3, 0.4) is 0 Å². The molecule has 1 N–H and O–H groups in total. The first-order valence-corrected chi connectivity index (χ1v) is 14.3. The lowest BCUT2D eigenvalue weighted by atomic mass is 9.84. The highest BCUT2D eigenvalue weighted by molar-refractivity contribution is 5.93. The first kappa shape index (κ1) is 31.5. The standard InChI is InChI=1S/C30H29F3N6O3.CH2O2/c1-18-25(27(40)42-2)26(24-7-6-20(16-34)14-21(24)17-39-11-8-19(9-12-39)10-13-39)38-28(35-36-29(38)41)37(18)23-5-3-4-22(15-23)30(31,32)33;2-1-3/h3-7,14-15,19,26H,8-13,17H2,1-2H3;1H,(H,2,3)/t19?,26-,39?;/m1./s1. The number of fused-ring (bicyclic) bond motifs is 4. The van der Waals surface area contributed by atoms with Crippen LogP contribution in [0, 0.1) is 17.2 Å². The molecule has 4 aliphatic heterocycles. The van der Waals surface area contributed by atoms with Gasteiger partial charge in [0.25, 0.3) is 0 Å². The van der Waals surface area contributed by atoms with Crippen molar-refractivity contribution in [1.29, 1.82) is 5.26 Å². The molecule has 0 saturated carbocycles. The van der Waals surface area contributed by atoms with Crippen LogP contribution >= 0.6 is 0 Å². The zero-order valence-corrected chi connectivity index (χ0v) is 24.6. The van der Waals surface area contributed by atoms with E-state index in [0.29, 0.717) is 17.7 Å². The van der Waals surface area contributed by atoms with E-state index in [9.17, 15) is 28.0 Å². The Balaban J connectivity index is 0.00000128. The van der Waals surface area contributed by atoms with Crippen LogP contribution in [0.5, 0.6) is 0 Å². The summed E-state index contributed by atoms with van der Waals surface area (Å²) in [5, 5.41) is 24.6. The predicted molar refractivity (Wildman–Crippen MR) is 152 cm³/mol. The monoisotopic (exact) mass is 624 g/mol. The molecular formula is C31H31F3N6O5. The molecule has 0 unspecified atom stereocenters. The highest BCUT2D eigenvalue weighted by Gasteiger charge is 2.44. The molecule has 14 heteroatoms. The molecule has 45 heavy (non-hydrogen) atoms. The van der Waals surface area contributed by atoms with E-state index >= 15 is 0 Å². The van der Waals surface area contributed by atoms with Crippen molar-refractivity contribution in [3.8, 4) is 6.07 Å². The van der Waals surface area contributed by atoms with Gasteiger partial charge in [-0.15, -0.1) is 5.10 Å². The maximum absolute atomic E-state index is 13.6. The fraction of sp³-hybridized carbons (Fsp3) is 0.387. The van der Waals surface area contributed by atoms with Gasteiger partial charge in [-0.2, -0.15) is 18.4 Å². The average molecular weight is 625 g/mol. The summed E-state index contributed by atoms with van der Waals surface area (Å²) in [6.45, 7) is 4.78. The Morgan fingerprint density at radius 2 is 1.87 bits per heavy atom. The van der Waals surface area contributed by atoms with Gasteiger partial charge in [0.05, 0.1) is 49.5 Å². The van der Waals surface area contributed by atoms with E-state index in [1.54, 1.807) is 19.1 Å². The molecule has 3 aromatic rings. The van der Waals surface area contributed by atoms with Crippen LogP contribution in [-0.2, 0) is 27.0 Å². The van der Waals surface area contributed by atoms with E-state index in [1.807, 2.05) is 6.07 Å². The minimum absolute atomic E-state index is 0.0376. The molecule has 4 aliphatic rings. The summed E-state index contributed by atoms with van der Waals surface area (Å²) in [6.07, 6.45) is -1.18. The number of allylic oxidation sites excluding steroid dienone is 1. The normalized spacial score (nSPS) is 22.2. The molecule has 3 fully saturated rings. The second kappa shape index (κ2) is 12.2. The van der Waals surface area contributed by atoms with E-state index in [-0.39, 0.29) is 22.9 Å². The highest BCUT2D eigenvalue weighted by Crippen LogP contribution is 2.44. The molecule has 2 bridgehead atoms. The van der Waals surface area contributed by atoms with Crippen LogP contribution in [0.2, 0.25) is 0 Å². The van der Waals surface area contributed by atoms with Crippen LogP contribution < -0.4 is 15.7 Å². The van der Waals surface area contributed by atoms with Gasteiger partial charge in [0.15, 0.2) is 0 Å². The molecule has 11 nitrogen and oxygen atoms in total. The number of anilines is 2. The Bertz CT molecular complexity index is 1730. The van der Waals surface area contributed by atoms with Gasteiger partial charge in [-0.3, -0.25) is 4.90 Å². The number of aromatic amines is 1. The molecule has 0 aliphatic carbocycles. The lowest BCUT2D eigenvalue weighted by molar-refractivity contribution is -0.955. The number of aromatic nitrogens is 3. The van der Waals surface area contributed by atoms with E-state index in [2.05, 4.69) is 16.3 Å². The Kier molecular flexibility index (Phi) is 8.57. The summed E-state index contributed by atoms with van der Waals surface area (Å²) in [6, 6.07) is 11.1. The number of piperidine rings is 3. The molecule has 0 radical (unpaired) electrons. The van der Waals surface area contributed by atoms with Crippen LogP contribution in [0.25, 0.3) is 0 Å². The molecule has 2 aromatic carbocycles. The third kappa shape index (κ3) is 5.83. The molecule has 1 aromatic heterocycles. The van der Waals surface area contributed by atoms with Crippen molar-refractivity contribution in [2.75, 3.05) is 31.6 Å². The van der Waals surface area contributed by atoms with Crippen molar-refractivity contribution in [2.24, 2.45) is 5.92 Å². The quantitative estimate of drug-likeness (QED) is 0.259. The zero-order valence-electron chi connectivity index (χ0n) is 24.6. The Labute approximate surface area is 256 Å². The molecule has 5 heterocycles. The molecule has 236 valence electrons. The van der Waals surface area contributed by atoms with Gasteiger partial charge in [-0.25, -0.2) is 19.3 Å². The SMILES string of the molecule is COC(=O)C1=C(C)N(c2cccc(C(F)(F)F)c2)c2n[nH]c(=O)n2[C@@H]1c1ccc(C#N)cc1C[N+]12CCC(CC1)CC2.O=C[O-]. The van der Waals surface area contributed by atoms with E-state index < -0.39 is 35.9 Å². The number of methoxy groups -OCH3 is 1. The van der Waals surface area contributed by atoms with Gasteiger partial charge < -0.3 is 19.1 Å². The number of nitrogens with zero attached hydrogens (tertiary/aromatic N) is 5. The van der Waals surface area contributed by atoms with Crippen LogP contribution in [0.1, 0.15) is 54.5 Å². The van der Waals surface area contributed by atoms with E-state index in [4.69, 9.17) is 14.6 Å². The lowest BCUT2D eigenvalue weighted by Gasteiger charge is -2.49. The summed E-state index contributed by atoms with van der Waals surface area (Å²) < 4.78 is 48.2. The fourth-order valence-electron chi connectivity index (χ4n) is 6.89. The van der Waals surface area contributed by atoms with Crippen LogP contribution in [0.15, 0.2) is 58.5 Å². The Morgan fingerprint density at radius 1 is 1.20 bits per heavy atom. The van der Waals surface area contributed by atoms with Crippen LogP contribution in [0.4, 0.5) is 24.8 Å². The summed E-state index contributed by atoms with van der Waals surface area (Å²) >= 11 is 0. The first-order valence-electron chi connectivity index (χ1n) is 14.3. The number of hydrogen-bond acceptors (Lipinski definition) is 8. The number of esters is 1. The van der Waals surface area contributed by atoms with Crippen LogP contribution in [-0.4, -0.2) is 58.4 Å². The van der Waals surface area contributed by atoms with Gasteiger partial charge in [-0.05, 0) is 68.0 Å². The van der Waals surface area contributed by atoms with E-state index in [1.165, 1.54) is 28.7 Å². The van der Waals surface area contributed by atoms with Gasteiger partial charge in [0.2, 0.25) is 5.95 Å². The van der Waals surface area contributed by atoms with Crippen molar-refractivity contribution in [1.82, 2.24) is 14.8 Å². The lowest BCUT2D eigenvalue weighted by Crippen LogP contribution is -2.57. The number of benzene rings is 2. The zero-order chi connectivity index (χ0) is 32.5. The van der Waals surface area contributed by atoms with Crippen molar-refractivity contribution in [3.05, 3.63) is 86.5 Å². The van der Waals surface area contributed by atoms with Crippen molar-refractivity contribution in [3.63, 3.8) is 0 Å². The van der Waals surface area contributed by atoms with Gasteiger partial charge in [0, 0.05) is 23.4 Å². The van der Waals surface area contributed by atoms with Gasteiger partial charge in [0.1, 0.15) is 12.6 Å². The minimum Gasteiger partial charge on any atom is -0.554 e. The number of halogens is 3. The first-order chi connectivity index (χ1) is 21.5. The number of quaternary nitrogens is 1. The van der Waals surface area contributed by atoms with Crippen molar-refractivity contribution >= 4 is 24.1 Å².